The number of halogens is 1. The van der Waals surface area contributed by atoms with Crippen LogP contribution in [-0.4, -0.2) is 11.1 Å². The molecule has 3 rings (SSSR count). The summed E-state index contributed by atoms with van der Waals surface area (Å²) in [5.41, 5.74) is 1.52. The number of hydrogen-bond donors (Lipinski definition) is 1. The van der Waals surface area contributed by atoms with Gasteiger partial charge >= 0.3 is 5.97 Å². The summed E-state index contributed by atoms with van der Waals surface area (Å²) in [6, 6.07) is 14.8. The average Bonchev–Trinajstić information content (AvgIpc) is 2.90. The molecule has 1 heterocycles. The lowest BCUT2D eigenvalue weighted by Crippen LogP contribution is -1.96. The van der Waals surface area contributed by atoms with Crippen LogP contribution in [0.2, 0.25) is 0 Å². The van der Waals surface area contributed by atoms with Crippen molar-refractivity contribution in [2.75, 3.05) is 0 Å². The molecule has 0 aliphatic rings. The van der Waals surface area contributed by atoms with Crippen molar-refractivity contribution in [2.24, 2.45) is 0 Å². The Labute approximate surface area is 134 Å². The summed E-state index contributed by atoms with van der Waals surface area (Å²) in [6.07, 6.45) is 0. The van der Waals surface area contributed by atoms with Gasteiger partial charge in [0, 0.05) is 5.39 Å². The summed E-state index contributed by atoms with van der Waals surface area (Å²) in [4.78, 5) is 10.9. The minimum atomic E-state index is -1.07. The van der Waals surface area contributed by atoms with Crippen molar-refractivity contribution in [3.05, 3.63) is 63.4 Å². The van der Waals surface area contributed by atoms with Gasteiger partial charge in [0.25, 0.3) is 0 Å². The maximum Gasteiger partial charge on any atom is 0.371 e. The van der Waals surface area contributed by atoms with E-state index in [4.69, 9.17) is 14.3 Å². The van der Waals surface area contributed by atoms with Gasteiger partial charge in [0.05, 0.1) is 3.57 Å². The van der Waals surface area contributed by atoms with Crippen LogP contribution in [0.25, 0.3) is 11.0 Å². The Morgan fingerprint density at radius 3 is 2.76 bits per heavy atom. The van der Waals surface area contributed by atoms with E-state index in [2.05, 4.69) is 22.6 Å². The van der Waals surface area contributed by atoms with E-state index in [1.165, 1.54) is 6.07 Å². The monoisotopic (exact) mass is 394 g/mol. The number of furan rings is 1. The summed E-state index contributed by atoms with van der Waals surface area (Å²) in [5, 5.41) is 9.68. The second kappa shape index (κ2) is 5.77. The lowest BCUT2D eigenvalue weighted by molar-refractivity contribution is 0.0665. The third-order valence-electron chi connectivity index (χ3n) is 3.02. The first-order valence-electron chi connectivity index (χ1n) is 6.26. The lowest BCUT2D eigenvalue weighted by atomic mass is 10.1. The number of carboxylic acids is 1. The second-order valence-corrected chi connectivity index (χ2v) is 5.67. The second-order valence-electron chi connectivity index (χ2n) is 4.51. The Morgan fingerprint density at radius 1 is 1.19 bits per heavy atom. The zero-order valence-electron chi connectivity index (χ0n) is 10.9. The summed E-state index contributed by atoms with van der Waals surface area (Å²) in [7, 11) is 0. The first-order valence-corrected chi connectivity index (χ1v) is 7.34. The van der Waals surface area contributed by atoms with Gasteiger partial charge in [-0.1, -0.05) is 18.2 Å². The molecule has 2 aromatic carbocycles. The largest absolute Gasteiger partial charge is 0.488 e. The lowest BCUT2D eigenvalue weighted by Gasteiger charge is -2.07. The molecular formula is C16H11IO4. The van der Waals surface area contributed by atoms with E-state index in [-0.39, 0.29) is 5.76 Å². The van der Waals surface area contributed by atoms with Crippen molar-refractivity contribution in [3.63, 3.8) is 0 Å². The highest BCUT2D eigenvalue weighted by molar-refractivity contribution is 14.1. The molecule has 0 spiro atoms. The Hall–Kier alpha value is -2.02. The fourth-order valence-electron chi connectivity index (χ4n) is 2.01. The van der Waals surface area contributed by atoms with Gasteiger partial charge in [-0.2, -0.15) is 0 Å². The molecule has 0 bridgehead atoms. The number of rotatable bonds is 4. The van der Waals surface area contributed by atoms with Crippen LogP contribution in [0.4, 0.5) is 0 Å². The smallest absolute Gasteiger partial charge is 0.371 e. The number of ether oxygens (including phenoxy) is 1. The minimum absolute atomic E-state index is 0.0549. The highest BCUT2D eigenvalue weighted by Crippen LogP contribution is 2.23. The molecule has 0 radical (unpaired) electrons. The van der Waals surface area contributed by atoms with Crippen LogP contribution in [0.15, 0.2) is 52.9 Å². The van der Waals surface area contributed by atoms with E-state index in [1.807, 2.05) is 36.4 Å². The van der Waals surface area contributed by atoms with Gasteiger partial charge in [0.15, 0.2) is 0 Å². The van der Waals surface area contributed by atoms with Crippen molar-refractivity contribution in [3.8, 4) is 5.75 Å². The van der Waals surface area contributed by atoms with Crippen LogP contribution in [0.3, 0.4) is 0 Å². The number of benzene rings is 2. The van der Waals surface area contributed by atoms with E-state index in [1.54, 1.807) is 6.07 Å². The molecule has 3 aromatic rings. The zero-order valence-corrected chi connectivity index (χ0v) is 13.0. The standard InChI is InChI=1S/C16H11IO4/c17-12-3-1-2-4-14(12)20-9-10-5-6-13-11(7-10)8-15(21-13)16(18)19/h1-8H,9H2,(H,18,19). The van der Waals surface area contributed by atoms with Gasteiger partial charge in [0.2, 0.25) is 5.76 Å². The van der Waals surface area contributed by atoms with Crippen molar-refractivity contribution >= 4 is 39.5 Å². The van der Waals surface area contributed by atoms with Gasteiger partial charge < -0.3 is 14.3 Å². The van der Waals surface area contributed by atoms with E-state index >= 15 is 0 Å². The SMILES string of the molecule is O=C(O)c1cc2cc(COc3ccccc3I)ccc2o1. The van der Waals surface area contributed by atoms with Crippen LogP contribution >= 0.6 is 22.6 Å². The molecule has 0 saturated carbocycles. The zero-order chi connectivity index (χ0) is 14.8. The van der Waals surface area contributed by atoms with Gasteiger partial charge in [-0.25, -0.2) is 4.79 Å². The van der Waals surface area contributed by atoms with E-state index < -0.39 is 5.97 Å². The van der Waals surface area contributed by atoms with Crippen LogP contribution < -0.4 is 4.74 Å². The van der Waals surface area contributed by atoms with Crippen molar-refractivity contribution in [2.45, 2.75) is 6.61 Å². The van der Waals surface area contributed by atoms with Crippen molar-refractivity contribution in [1.29, 1.82) is 0 Å². The highest BCUT2D eigenvalue weighted by Gasteiger charge is 2.10. The van der Waals surface area contributed by atoms with Gasteiger partial charge in [0.1, 0.15) is 17.9 Å². The van der Waals surface area contributed by atoms with Gasteiger partial charge in [-0.3, -0.25) is 0 Å². The maximum atomic E-state index is 10.9. The predicted octanol–water partition coefficient (Wildman–Crippen LogP) is 4.31. The maximum absolute atomic E-state index is 10.9. The molecule has 5 heteroatoms. The number of carbonyl (C=O) groups is 1. The number of hydrogen-bond acceptors (Lipinski definition) is 3. The highest BCUT2D eigenvalue weighted by atomic mass is 127. The molecular weight excluding hydrogens is 383 g/mol. The number of para-hydroxylation sites is 1. The summed E-state index contributed by atoms with van der Waals surface area (Å²) < 4.78 is 12.0. The number of aromatic carboxylic acids is 1. The predicted molar refractivity (Wildman–Crippen MR) is 86.7 cm³/mol. The van der Waals surface area contributed by atoms with Gasteiger partial charge in [-0.05, 0) is 58.5 Å². The van der Waals surface area contributed by atoms with Crippen molar-refractivity contribution < 1.29 is 19.1 Å². The third kappa shape index (κ3) is 3.02. The fraction of sp³-hybridized carbons (Fsp3) is 0.0625. The van der Waals surface area contributed by atoms with Crippen LogP contribution in [-0.2, 0) is 6.61 Å². The summed E-state index contributed by atoms with van der Waals surface area (Å²) in [5.74, 6) is -0.292. The molecule has 1 N–H and O–H groups in total. The van der Waals surface area contributed by atoms with Crippen molar-refractivity contribution in [1.82, 2.24) is 0 Å². The molecule has 4 nitrogen and oxygen atoms in total. The van der Waals surface area contributed by atoms with E-state index in [0.29, 0.717) is 12.2 Å². The molecule has 0 amide bonds. The van der Waals surface area contributed by atoms with Gasteiger partial charge in [-0.15, -0.1) is 0 Å². The average molecular weight is 394 g/mol. The Kier molecular flexibility index (Phi) is 3.83. The molecule has 21 heavy (non-hydrogen) atoms. The van der Waals surface area contributed by atoms with Crippen LogP contribution in [0, 0.1) is 3.57 Å². The molecule has 0 fully saturated rings. The van der Waals surface area contributed by atoms with Crippen LogP contribution in [0.5, 0.6) is 5.75 Å². The number of fused-ring (bicyclic) bond motifs is 1. The molecule has 0 aliphatic carbocycles. The summed E-state index contributed by atoms with van der Waals surface area (Å²) >= 11 is 2.22. The Bertz CT molecular complexity index is 807. The molecule has 0 saturated heterocycles. The Balaban J connectivity index is 1.81. The van der Waals surface area contributed by atoms with E-state index in [0.717, 1.165) is 20.3 Å². The summed E-state index contributed by atoms with van der Waals surface area (Å²) in [6.45, 7) is 0.420. The Morgan fingerprint density at radius 2 is 2.00 bits per heavy atom. The van der Waals surface area contributed by atoms with E-state index in [9.17, 15) is 4.79 Å². The first-order chi connectivity index (χ1) is 10.1. The number of carboxylic acid groups (broad SMARTS) is 1. The molecule has 0 atom stereocenters. The molecule has 0 aliphatic heterocycles. The third-order valence-corrected chi connectivity index (χ3v) is 3.91. The van der Waals surface area contributed by atoms with Crippen LogP contribution in [0.1, 0.15) is 16.1 Å². The fourth-order valence-corrected chi connectivity index (χ4v) is 2.55. The quantitative estimate of drug-likeness (QED) is 0.670. The molecule has 106 valence electrons. The normalized spacial score (nSPS) is 10.7. The topological polar surface area (TPSA) is 59.7 Å². The minimum Gasteiger partial charge on any atom is -0.488 e. The molecule has 1 aromatic heterocycles. The first kappa shape index (κ1) is 13.9. The molecule has 0 unspecified atom stereocenters.